The van der Waals surface area contributed by atoms with Crippen LogP contribution in [0.4, 0.5) is 0 Å². The first-order valence-electron chi connectivity index (χ1n) is 9.00. The van der Waals surface area contributed by atoms with E-state index in [4.69, 9.17) is 4.74 Å². The van der Waals surface area contributed by atoms with Crippen LogP contribution in [0.5, 0.6) is 0 Å². The van der Waals surface area contributed by atoms with Gasteiger partial charge in [-0.05, 0) is 23.5 Å². The zero-order valence-electron chi connectivity index (χ0n) is 15.8. The van der Waals surface area contributed by atoms with Gasteiger partial charge in [-0.1, -0.05) is 38.1 Å². The maximum Gasteiger partial charge on any atom is 0.191 e. The summed E-state index contributed by atoms with van der Waals surface area (Å²) in [6, 6.07) is 8.79. The number of halogens is 1. The molecule has 1 aliphatic rings. The van der Waals surface area contributed by atoms with Crippen LogP contribution in [0, 0.1) is 5.92 Å². The van der Waals surface area contributed by atoms with Gasteiger partial charge in [0.25, 0.3) is 0 Å². The van der Waals surface area contributed by atoms with Crippen LogP contribution in [0.3, 0.4) is 0 Å². The fraction of sp³-hybridized carbons (Fsp3) is 0.632. The Balaban J connectivity index is 0.00000312. The third-order valence-electron chi connectivity index (χ3n) is 4.20. The van der Waals surface area contributed by atoms with Gasteiger partial charge in [-0.15, -0.1) is 24.0 Å². The van der Waals surface area contributed by atoms with Crippen LogP contribution in [-0.4, -0.2) is 50.8 Å². The molecule has 0 aliphatic carbocycles. The zero-order valence-corrected chi connectivity index (χ0v) is 18.1. The van der Waals surface area contributed by atoms with E-state index < -0.39 is 0 Å². The number of morpholine rings is 1. The summed E-state index contributed by atoms with van der Waals surface area (Å²) in [5.74, 6) is 1.57. The Morgan fingerprint density at radius 1 is 1.20 bits per heavy atom. The lowest BCUT2D eigenvalue weighted by Gasteiger charge is -2.26. The molecular weight excluding hydrogens is 427 g/mol. The van der Waals surface area contributed by atoms with Gasteiger partial charge in [-0.25, -0.2) is 0 Å². The standard InChI is InChI=1S/C19H32N4O.HI/c1-16(2)7-8-21-19(20-3)22-14-17-5-4-6-18(13-17)15-23-9-11-24-12-10-23;/h4-6,13,16H,7-12,14-15H2,1-3H3,(H2,20,21,22);1H. The van der Waals surface area contributed by atoms with E-state index >= 15 is 0 Å². The van der Waals surface area contributed by atoms with E-state index in [0.717, 1.165) is 58.3 Å². The molecule has 0 atom stereocenters. The van der Waals surface area contributed by atoms with Crippen LogP contribution in [-0.2, 0) is 17.8 Å². The topological polar surface area (TPSA) is 48.9 Å². The smallest absolute Gasteiger partial charge is 0.191 e. The molecule has 6 heteroatoms. The van der Waals surface area contributed by atoms with Gasteiger partial charge in [0.05, 0.1) is 13.2 Å². The Labute approximate surface area is 169 Å². The van der Waals surface area contributed by atoms with E-state index in [1.807, 2.05) is 7.05 Å². The lowest BCUT2D eigenvalue weighted by molar-refractivity contribution is 0.0342. The molecule has 2 N–H and O–H groups in total. The molecule has 5 nitrogen and oxygen atoms in total. The summed E-state index contributed by atoms with van der Waals surface area (Å²) in [7, 11) is 1.82. The number of ether oxygens (including phenoxy) is 1. The number of rotatable bonds is 7. The minimum atomic E-state index is 0. The van der Waals surface area contributed by atoms with E-state index in [1.165, 1.54) is 11.1 Å². The van der Waals surface area contributed by atoms with Crippen molar-refractivity contribution in [1.29, 1.82) is 0 Å². The third-order valence-corrected chi connectivity index (χ3v) is 4.20. The predicted octanol–water partition coefficient (Wildman–Crippen LogP) is 2.85. The number of aliphatic imine (C=N–C) groups is 1. The highest BCUT2D eigenvalue weighted by Gasteiger charge is 2.10. The number of nitrogens with one attached hydrogen (secondary N) is 2. The molecule has 1 aromatic rings. The van der Waals surface area contributed by atoms with Gasteiger partial charge in [0.2, 0.25) is 0 Å². The highest BCUT2D eigenvalue weighted by Crippen LogP contribution is 2.10. The molecule has 2 rings (SSSR count). The monoisotopic (exact) mass is 460 g/mol. The average molecular weight is 460 g/mol. The molecule has 25 heavy (non-hydrogen) atoms. The molecule has 1 aliphatic heterocycles. The number of benzene rings is 1. The number of hydrogen-bond acceptors (Lipinski definition) is 3. The van der Waals surface area contributed by atoms with Crippen molar-refractivity contribution in [1.82, 2.24) is 15.5 Å². The summed E-state index contributed by atoms with van der Waals surface area (Å²) >= 11 is 0. The second-order valence-corrected chi connectivity index (χ2v) is 6.74. The van der Waals surface area contributed by atoms with Gasteiger partial charge in [0, 0.05) is 39.8 Å². The Morgan fingerprint density at radius 3 is 2.60 bits per heavy atom. The molecule has 0 spiro atoms. The highest BCUT2D eigenvalue weighted by molar-refractivity contribution is 14.0. The van der Waals surface area contributed by atoms with Crippen LogP contribution >= 0.6 is 24.0 Å². The first kappa shape index (κ1) is 22.2. The van der Waals surface area contributed by atoms with Crippen LogP contribution in [0.25, 0.3) is 0 Å². The molecule has 0 unspecified atom stereocenters. The summed E-state index contributed by atoms with van der Waals surface area (Å²) in [6.45, 7) is 10.9. The summed E-state index contributed by atoms with van der Waals surface area (Å²) in [6.07, 6.45) is 1.15. The lowest BCUT2D eigenvalue weighted by atomic mass is 10.1. The SMILES string of the molecule is CN=C(NCCC(C)C)NCc1cccc(CN2CCOCC2)c1.I. The molecule has 1 fully saturated rings. The van der Waals surface area contributed by atoms with Gasteiger partial charge < -0.3 is 15.4 Å². The molecule has 1 heterocycles. The van der Waals surface area contributed by atoms with E-state index in [0.29, 0.717) is 5.92 Å². The van der Waals surface area contributed by atoms with Crippen LogP contribution in [0.1, 0.15) is 31.4 Å². The summed E-state index contributed by atoms with van der Waals surface area (Å²) < 4.78 is 5.41. The average Bonchev–Trinajstić information content (AvgIpc) is 2.59. The van der Waals surface area contributed by atoms with Crippen LogP contribution in [0.2, 0.25) is 0 Å². The second-order valence-electron chi connectivity index (χ2n) is 6.74. The minimum absolute atomic E-state index is 0. The molecule has 1 aromatic carbocycles. The minimum Gasteiger partial charge on any atom is -0.379 e. The molecule has 142 valence electrons. The molecule has 0 radical (unpaired) electrons. The van der Waals surface area contributed by atoms with E-state index in [-0.39, 0.29) is 24.0 Å². The van der Waals surface area contributed by atoms with Gasteiger partial charge in [-0.3, -0.25) is 9.89 Å². The van der Waals surface area contributed by atoms with Crippen molar-refractivity contribution in [3.8, 4) is 0 Å². The fourth-order valence-corrected chi connectivity index (χ4v) is 2.74. The number of nitrogens with zero attached hydrogens (tertiary/aromatic N) is 2. The lowest BCUT2D eigenvalue weighted by Crippen LogP contribution is -2.37. The van der Waals surface area contributed by atoms with Gasteiger partial charge in [0.15, 0.2) is 5.96 Å². The number of guanidine groups is 1. The summed E-state index contributed by atoms with van der Waals surface area (Å²) in [5.41, 5.74) is 2.64. The van der Waals surface area contributed by atoms with E-state index in [9.17, 15) is 0 Å². The number of hydrogen-bond donors (Lipinski definition) is 2. The van der Waals surface area contributed by atoms with E-state index in [1.54, 1.807) is 0 Å². The molecule has 0 saturated carbocycles. The van der Waals surface area contributed by atoms with Crippen molar-refractivity contribution in [2.24, 2.45) is 10.9 Å². The molecule has 0 aromatic heterocycles. The van der Waals surface area contributed by atoms with Gasteiger partial charge in [0.1, 0.15) is 0 Å². The summed E-state index contributed by atoms with van der Waals surface area (Å²) in [4.78, 5) is 6.74. The van der Waals surface area contributed by atoms with Crippen molar-refractivity contribution < 1.29 is 4.74 Å². The Bertz CT molecular complexity index is 516. The zero-order chi connectivity index (χ0) is 17.2. The van der Waals surface area contributed by atoms with Gasteiger partial charge in [-0.2, -0.15) is 0 Å². The van der Waals surface area contributed by atoms with Crippen LogP contribution < -0.4 is 10.6 Å². The highest BCUT2D eigenvalue weighted by atomic mass is 127. The fourth-order valence-electron chi connectivity index (χ4n) is 2.74. The molecule has 0 bridgehead atoms. The van der Waals surface area contributed by atoms with Crippen molar-refractivity contribution >= 4 is 29.9 Å². The maximum absolute atomic E-state index is 5.41. The maximum atomic E-state index is 5.41. The van der Waals surface area contributed by atoms with Crippen molar-refractivity contribution in [2.45, 2.75) is 33.4 Å². The second kappa shape index (κ2) is 12.5. The predicted molar refractivity (Wildman–Crippen MR) is 116 cm³/mol. The molecular formula is C19H33IN4O. The Morgan fingerprint density at radius 2 is 1.92 bits per heavy atom. The molecule has 0 amide bonds. The van der Waals surface area contributed by atoms with Crippen molar-refractivity contribution in [3.05, 3.63) is 35.4 Å². The third kappa shape index (κ3) is 8.87. The first-order chi connectivity index (χ1) is 11.7. The molecule has 1 saturated heterocycles. The van der Waals surface area contributed by atoms with Crippen molar-refractivity contribution in [2.75, 3.05) is 39.9 Å². The first-order valence-corrected chi connectivity index (χ1v) is 9.00. The Hall–Kier alpha value is -0.860. The summed E-state index contributed by atoms with van der Waals surface area (Å²) in [5, 5.41) is 6.76. The van der Waals surface area contributed by atoms with Gasteiger partial charge >= 0.3 is 0 Å². The normalized spacial score (nSPS) is 15.8. The quantitative estimate of drug-likeness (QED) is 0.373. The Kier molecular flexibility index (Phi) is 11.1. The van der Waals surface area contributed by atoms with Crippen molar-refractivity contribution in [3.63, 3.8) is 0 Å². The van der Waals surface area contributed by atoms with Crippen LogP contribution in [0.15, 0.2) is 29.3 Å². The largest absolute Gasteiger partial charge is 0.379 e. The van der Waals surface area contributed by atoms with E-state index in [2.05, 4.69) is 58.6 Å².